The average Bonchev–Trinajstić information content (AvgIpc) is 3.28. The van der Waals surface area contributed by atoms with Gasteiger partial charge in [0.1, 0.15) is 11.5 Å². The second kappa shape index (κ2) is 6.21. The Hall–Kier alpha value is -3.29. The molecule has 0 spiro atoms. The summed E-state index contributed by atoms with van der Waals surface area (Å²) in [5.74, 6) is -0.962. The van der Waals surface area contributed by atoms with Gasteiger partial charge >= 0.3 is 0 Å². The third-order valence-electron chi connectivity index (χ3n) is 4.24. The molecule has 1 aliphatic carbocycles. The lowest BCUT2D eigenvalue weighted by molar-refractivity contribution is 0.0947. The van der Waals surface area contributed by atoms with Gasteiger partial charge in [-0.05, 0) is 43.5 Å². The minimum atomic E-state index is -0.551. The number of nitrogens with two attached hydrogens (primary N) is 1. The van der Waals surface area contributed by atoms with Crippen LogP contribution < -0.4 is 11.1 Å². The summed E-state index contributed by atoms with van der Waals surface area (Å²) in [4.78, 5) is 16.3. The van der Waals surface area contributed by atoms with Crippen LogP contribution in [0.15, 0.2) is 36.8 Å². The number of pyridine rings is 1. The summed E-state index contributed by atoms with van der Waals surface area (Å²) in [7, 11) is 0. The first-order valence-electron chi connectivity index (χ1n) is 8.26. The van der Waals surface area contributed by atoms with Crippen molar-refractivity contribution in [2.45, 2.75) is 25.8 Å². The third-order valence-corrected chi connectivity index (χ3v) is 4.24. The van der Waals surface area contributed by atoms with Crippen LogP contribution >= 0.6 is 0 Å². The van der Waals surface area contributed by atoms with Crippen LogP contribution in [0.1, 0.15) is 28.8 Å². The minimum absolute atomic E-state index is 0.000159. The normalized spacial score (nSPS) is 13.6. The lowest BCUT2D eigenvalue weighted by atomic mass is 10.1. The summed E-state index contributed by atoms with van der Waals surface area (Å²) < 4.78 is 15.8. The number of rotatable bonds is 4. The smallest absolute Gasteiger partial charge is 0.254 e. The van der Waals surface area contributed by atoms with Gasteiger partial charge in [-0.25, -0.2) is 9.07 Å². The summed E-state index contributed by atoms with van der Waals surface area (Å²) >= 11 is 0. The van der Waals surface area contributed by atoms with Crippen molar-refractivity contribution in [1.82, 2.24) is 25.3 Å². The fourth-order valence-corrected chi connectivity index (χ4v) is 2.68. The maximum absolute atomic E-state index is 14.3. The van der Waals surface area contributed by atoms with Crippen LogP contribution in [0.3, 0.4) is 0 Å². The molecule has 4 rings (SSSR count). The van der Waals surface area contributed by atoms with Gasteiger partial charge in [0.2, 0.25) is 0 Å². The highest BCUT2D eigenvalue weighted by Crippen LogP contribution is 2.24. The van der Waals surface area contributed by atoms with Crippen molar-refractivity contribution in [3.63, 3.8) is 0 Å². The average molecular weight is 352 g/mol. The van der Waals surface area contributed by atoms with Gasteiger partial charge in [0, 0.05) is 24.0 Å². The second-order valence-electron chi connectivity index (χ2n) is 6.42. The molecule has 0 atom stereocenters. The molecular formula is C18H17FN6O. The number of hydrogen-bond acceptors (Lipinski definition) is 5. The highest BCUT2D eigenvalue weighted by atomic mass is 19.1. The predicted molar refractivity (Wildman–Crippen MR) is 94.2 cm³/mol. The van der Waals surface area contributed by atoms with E-state index in [0.717, 1.165) is 18.4 Å². The number of benzene rings is 1. The number of aromatic nitrogens is 4. The number of amides is 1. The van der Waals surface area contributed by atoms with Crippen LogP contribution in [-0.2, 0) is 0 Å². The second-order valence-corrected chi connectivity index (χ2v) is 6.42. The molecule has 8 heteroatoms. The van der Waals surface area contributed by atoms with E-state index < -0.39 is 11.7 Å². The topological polar surface area (TPSA) is 98.7 Å². The SMILES string of the molecule is Cc1cc(F)c(C(=O)NC2CC2)cc1-n1cc(-c2cncc(N)c2)nn1. The van der Waals surface area contributed by atoms with E-state index in [0.29, 0.717) is 22.6 Å². The van der Waals surface area contributed by atoms with E-state index in [1.54, 1.807) is 31.6 Å². The zero-order chi connectivity index (χ0) is 18.3. The number of halogens is 1. The minimum Gasteiger partial charge on any atom is -0.397 e. The summed E-state index contributed by atoms with van der Waals surface area (Å²) in [5.41, 5.74) is 8.81. The predicted octanol–water partition coefficient (Wildman–Crippen LogP) is 2.25. The number of carbonyl (C=O) groups excluding carboxylic acids is 1. The lowest BCUT2D eigenvalue weighted by Gasteiger charge is -2.10. The molecule has 0 bridgehead atoms. The first kappa shape index (κ1) is 16.2. The lowest BCUT2D eigenvalue weighted by Crippen LogP contribution is -2.26. The molecule has 1 aliphatic rings. The number of hydrogen-bond donors (Lipinski definition) is 2. The summed E-state index contributed by atoms with van der Waals surface area (Å²) in [5, 5.41) is 11.0. The Morgan fingerprint density at radius 1 is 1.31 bits per heavy atom. The number of carbonyl (C=O) groups is 1. The molecule has 0 unspecified atom stereocenters. The van der Waals surface area contributed by atoms with Gasteiger partial charge in [-0.2, -0.15) is 0 Å². The maximum Gasteiger partial charge on any atom is 0.254 e. The van der Waals surface area contributed by atoms with E-state index in [2.05, 4.69) is 20.6 Å². The third kappa shape index (κ3) is 3.13. The van der Waals surface area contributed by atoms with Crippen molar-refractivity contribution < 1.29 is 9.18 Å². The fraction of sp³-hybridized carbons (Fsp3) is 0.222. The molecule has 1 amide bonds. The van der Waals surface area contributed by atoms with Gasteiger partial charge in [0.25, 0.3) is 5.91 Å². The zero-order valence-electron chi connectivity index (χ0n) is 14.1. The van der Waals surface area contributed by atoms with E-state index in [4.69, 9.17) is 5.73 Å². The number of aryl methyl sites for hydroxylation is 1. The van der Waals surface area contributed by atoms with Crippen LogP contribution in [-0.4, -0.2) is 31.9 Å². The van der Waals surface area contributed by atoms with E-state index in [9.17, 15) is 9.18 Å². The maximum atomic E-state index is 14.3. The molecule has 0 saturated heterocycles. The summed E-state index contributed by atoms with van der Waals surface area (Å²) in [6.07, 6.45) is 6.75. The molecule has 7 nitrogen and oxygen atoms in total. The standard InChI is InChI=1S/C18H17FN6O/c1-10-4-15(19)14(18(26)22-13-2-3-13)6-17(10)25-9-16(23-24-25)11-5-12(20)8-21-7-11/h4-9,13H,2-3,20H2,1H3,(H,22,26). The summed E-state index contributed by atoms with van der Waals surface area (Å²) in [6, 6.07) is 4.73. The molecular weight excluding hydrogens is 335 g/mol. The monoisotopic (exact) mass is 352 g/mol. The van der Waals surface area contributed by atoms with Gasteiger partial charge in [0.15, 0.2) is 0 Å². The Bertz CT molecular complexity index is 995. The number of anilines is 1. The first-order chi connectivity index (χ1) is 12.5. The van der Waals surface area contributed by atoms with Crippen LogP contribution in [0, 0.1) is 12.7 Å². The number of nitrogens with zero attached hydrogens (tertiary/aromatic N) is 4. The molecule has 3 aromatic rings. The Labute approximate surface area is 149 Å². The van der Waals surface area contributed by atoms with Gasteiger partial charge in [-0.15, -0.1) is 5.10 Å². The number of nitrogen functional groups attached to an aromatic ring is 1. The summed E-state index contributed by atoms with van der Waals surface area (Å²) in [6.45, 7) is 1.75. The highest BCUT2D eigenvalue weighted by molar-refractivity contribution is 5.95. The van der Waals surface area contributed by atoms with Gasteiger partial charge in [0.05, 0.1) is 23.1 Å². The van der Waals surface area contributed by atoms with Crippen molar-refractivity contribution in [2.75, 3.05) is 5.73 Å². The van der Waals surface area contributed by atoms with Crippen molar-refractivity contribution in [3.8, 4) is 16.9 Å². The molecule has 2 aromatic heterocycles. The van der Waals surface area contributed by atoms with Crippen molar-refractivity contribution in [1.29, 1.82) is 0 Å². The molecule has 26 heavy (non-hydrogen) atoms. The Kier molecular flexibility index (Phi) is 3.87. The van der Waals surface area contributed by atoms with Crippen LogP contribution in [0.25, 0.3) is 16.9 Å². The van der Waals surface area contributed by atoms with Crippen molar-refractivity contribution in [3.05, 3.63) is 53.7 Å². The molecule has 0 radical (unpaired) electrons. The van der Waals surface area contributed by atoms with Crippen molar-refractivity contribution >= 4 is 11.6 Å². The van der Waals surface area contributed by atoms with Crippen LogP contribution in [0.5, 0.6) is 0 Å². The van der Waals surface area contributed by atoms with E-state index in [-0.39, 0.29) is 11.6 Å². The molecule has 3 N–H and O–H groups in total. The Morgan fingerprint density at radius 3 is 2.85 bits per heavy atom. The Morgan fingerprint density at radius 2 is 2.12 bits per heavy atom. The van der Waals surface area contributed by atoms with E-state index >= 15 is 0 Å². The molecule has 132 valence electrons. The van der Waals surface area contributed by atoms with Gasteiger partial charge in [-0.3, -0.25) is 9.78 Å². The molecule has 1 aromatic carbocycles. The largest absolute Gasteiger partial charge is 0.397 e. The van der Waals surface area contributed by atoms with Gasteiger partial charge in [-0.1, -0.05) is 5.21 Å². The number of nitrogens with one attached hydrogen (secondary N) is 1. The van der Waals surface area contributed by atoms with Crippen molar-refractivity contribution in [2.24, 2.45) is 0 Å². The molecule has 1 fully saturated rings. The van der Waals surface area contributed by atoms with Crippen LogP contribution in [0.2, 0.25) is 0 Å². The fourth-order valence-electron chi connectivity index (χ4n) is 2.68. The van der Waals surface area contributed by atoms with E-state index in [1.165, 1.54) is 16.8 Å². The highest BCUT2D eigenvalue weighted by Gasteiger charge is 2.25. The Balaban J connectivity index is 1.70. The quantitative estimate of drug-likeness (QED) is 0.750. The molecule has 1 saturated carbocycles. The zero-order valence-corrected chi connectivity index (χ0v) is 14.1. The van der Waals surface area contributed by atoms with E-state index in [1.807, 2.05) is 0 Å². The molecule has 0 aliphatic heterocycles. The van der Waals surface area contributed by atoms with Gasteiger partial charge < -0.3 is 11.1 Å². The first-order valence-corrected chi connectivity index (χ1v) is 8.26. The van der Waals surface area contributed by atoms with Crippen LogP contribution in [0.4, 0.5) is 10.1 Å². The molecule has 2 heterocycles.